The number of aromatic nitrogens is 2. The molecule has 1 aromatic heterocycles. The van der Waals surface area contributed by atoms with Gasteiger partial charge in [-0.3, -0.25) is 4.79 Å². The summed E-state index contributed by atoms with van der Waals surface area (Å²) < 4.78 is 2.40. The van der Waals surface area contributed by atoms with Crippen molar-refractivity contribution in [1.29, 1.82) is 5.26 Å². The standard InChI is InChI=1S/C21H24N4O/c1-15-13-23-20(18-5-6-18)25(15)14-16-7-9-24(10-8-16)21(26)19-4-2-3-17(11-19)12-22/h2-4,11,13,16,18H,5-10,14H2,1H3. The van der Waals surface area contributed by atoms with Gasteiger partial charge in [0.15, 0.2) is 0 Å². The van der Waals surface area contributed by atoms with Crippen LogP contribution in [0.4, 0.5) is 0 Å². The van der Waals surface area contributed by atoms with Crippen LogP contribution in [0.15, 0.2) is 30.5 Å². The van der Waals surface area contributed by atoms with Gasteiger partial charge in [-0.2, -0.15) is 5.26 Å². The molecule has 0 radical (unpaired) electrons. The van der Waals surface area contributed by atoms with E-state index in [9.17, 15) is 4.79 Å². The van der Waals surface area contributed by atoms with E-state index in [2.05, 4.69) is 22.5 Å². The molecular formula is C21H24N4O. The first-order valence-corrected chi connectivity index (χ1v) is 9.47. The Morgan fingerprint density at radius 2 is 2.04 bits per heavy atom. The minimum absolute atomic E-state index is 0.0398. The van der Waals surface area contributed by atoms with Crippen LogP contribution in [0, 0.1) is 24.2 Å². The van der Waals surface area contributed by atoms with Crippen molar-refractivity contribution in [1.82, 2.24) is 14.5 Å². The maximum atomic E-state index is 12.7. The normalized spacial score (nSPS) is 17.9. The highest BCUT2D eigenvalue weighted by Crippen LogP contribution is 2.40. The van der Waals surface area contributed by atoms with Crippen molar-refractivity contribution in [2.24, 2.45) is 5.92 Å². The number of benzene rings is 1. The van der Waals surface area contributed by atoms with Crippen LogP contribution >= 0.6 is 0 Å². The number of likely N-dealkylation sites (tertiary alicyclic amines) is 1. The predicted octanol–water partition coefficient (Wildman–Crippen LogP) is 3.49. The summed E-state index contributed by atoms with van der Waals surface area (Å²) in [5.74, 6) is 2.56. The van der Waals surface area contributed by atoms with E-state index in [4.69, 9.17) is 5.26 Å². The Hall–Kier alpha value is -2.61. The van der Waals surface area contributed by atoms with Crippen molar-refractivity contribution < 1.29 is 4.79 Å². The van der Waals surface area contributed by atoms with E-state index in [0.29, 0.717) is 23.0 Å². The highest BCUT2D eigenvalue weighted by molar-refractivity contribution is 5.94. The number of hydrogen-bond donors (Lipinski definition) is 0. The molecule has 2 aliphatic rings. The molecule has 0 atom stereocenters. The fraction of sp³-hybridized carbons (Fsp3) is 0.476. The maximum absolute atomic E-state index is 12.7. The molecule has 134 valence electrons. The molecule has 0 bridgehead atoms. The molecule has 1 aliphatic carbocycles. The van der Waals surface area contributed by atoms with E-state index < -0.39 is 0 Å². The lowest BCUT2D eigenvalue weighted by molar-refractivity contribution is 0.0682. The fourth-order valence-electron chi connectivity index (χ4n) is 3.87. The lowest BCUT2D eigenvalue weighted by Gasteiger charge is -2.32. The summed E-state index contributed by atoms with van der Waals surface area (Å²) in [5, 5.41) is 9.02. The summed E-state index contributed by atoms with van der Waals surface area (Å²) in [7, 11) is 0. The molecule has 5 nitrogen and oxygen atoms in total. The topological polar surface area (TPSA) is 61.9 Å². The average molecular weight is 348 g/mol. The molecule has 0 unspecified atom stereocenters. The number of carbonyl (C=O) groups excluding carboxylic acids is 1. The summed E-state index contributed by atoms with van der Waals surface area (Å²) in [5.41, 5.74) is 2.40. The van der Waals surface area contributed by atoms with Gasteiger partial charge in [-0.25, -0.2) is 4.98 Å². The molecule has 1 amide bonds. The van der Waals surface area contributed by atoms with Crippen molar-refractivity contribution >= 4 is 5.91 Å². The van der Waals surface area contributed by atoms with Gasteiger partial charge in [0, 0.05) is 43.0 Å². The van der Waals surface area contributed by atoms with Crippen molar-refractivity contribution in [3.8, 4) is 6.07 Å². The second-order valence-electron chi connectivity index (χ2n) is 7.57. The first-order chi connectivity index (χ1) is 12.7. The van der Waals surface area contributed by atoms with Crippen molar-refractivity contribution in [2.75, 3.05) is 13.1 Å². The van der Waals surface area contributed by atoms with Crippen LogP contribution in [-0.4, -0.2) is 33.4 Å². The molecule has 4 rings (SSSR count). The highest BCUT2D eigenvalue weighted by atomic mass is 16.2. The summed E-state index contributed by atoms with van der Waals surface area (Å²) in [4.78, 5) is 19.2. The van der Waals surface area contributed by atoms with Crippen molar-refractivity contribution in [3.63, 3.8) is 0 Å². The zero-order valence-electron chi connectivity index (χ0n) is 15.2. The lowest BCUT2D eigenvalue weighted by atomic mass is 9.95. The van der Waals surface area contributed by atoms with Crippen LogP contribution < -0.4 is 0 Å². The molecule has 1 aliphatic heterocycles. The van der Waals surface area contributed by atoms with Gasteiger partial charge in [-0.1, -0.05) is 6.07 Å². The number of nitrogens with zero attached hydrogens (tertiary/aromatic N) is 4. The number of piperidine rings is 1. The van der Waals surface area contributed by atoms with Crippen LogP contribution in [0.1, 0.15) is 59.0 Å². The Morgan fingerprint density at radius 3 is 2.73 bits per heavy atom. The third-order valence-electron chi connectivity index (χ3n) is 5.61. The van der Waals surface area contributed by atoms with E-state index in [1.54, 1.807) is 24.3 Å². The minimum Gasteiger partial charge on any atom is -0.339 e. The molecule has 2 fully saturated rings. The van der Waals surface area contributed by atoms with E-state index in [-0.39, 0.29) is 5.91 Å². The highest BCUT2D eigenvalue weighted by Gasteiger charge is 2.30. The number of amides is 1. The Kier molecular flexibility index (Phi) is 4.50. The molecule has 1 saturated carbocycles. The molecule has 2 heterocycles. The average Bonchev–Trinajstić information content (AvgIpc) is 3.46. The van der Waals surface area contributed by atoms with E-state index in [0.717, 1.165) is 32.5 Å². The molecule has 26 heavy (non-hydrogen) atoms. The van der Waals surface area contributed by atoms with E-state index in [1.165, 1.54) is 24.4 Å². The van der Waals surface area contributed by atoms with Gasteiger partial charge >= 0.3 is 0 Å². The zero-order valence-corrected chi connectivity index (χ0v) is 15.2. The first-order valence-electron chi connectivity index (χ1n) is 9.47. The third-order valence-corrected chi connectivity index (χ3v) is 5.61. The van der Waals surface area contributed by atoms with Gasteiger partial charge in [0.05, 0.1) is 11.6 Å². The minimum atomic E-state index is 0.0398. The molecular weight excluding hydrogens is 324 g/mol. The number of aryl methyl sites for hydroxylation is 1. The first kappa shape index (κ1) is 16.8. The Morgan fingerprint density at radius 1 is 1.27 bits per heavy atom. The van der Waals surface area contributed by atoms with Crippen LogP contribution in [0.2, 0.25) is 0 Å². The summed E-state index contributed by atoms with van der Waals surface area (Å²) in [6.45, 7) is 4.73. The van der Waals surface area contributed by atoms with Gasteiger partial charge in [0.2, 0.25) is 0 Å². The fourth-order valence-corrected chi connectivity index (χ4v) is 3.87. The van der Waals surface area contributed by atoms with E-state index >= 15 is 0 Å². The molecule has 5 heteroatoms. The van der Waals surface area contributed by atoms with Crippen LogP contribution in [-0.2, 0) is 6.54 Å². The summed E-state index contributed by atoms with van der Waals surface area (Å²) >= 11 is 0. The number of nitriles is 1. The van der Waals surface area contributed by atoms with Gasteiger partial charge in [-0.15, -0.1) is 0 Å². The van der Waals surface area contributed by atoms with Crippen molar-refractivity contribution in [2.45, 2.75) is 45.1 Å². The van der Waals surface area contributed by atoms with E-state index in [1.807, 2.05) is 11.1 Å². The monoisotopic (exact) mass is 348 g/mol. The number of imidazole rings is 1. The maximum Gasteiger partial charge on any atom is 0.253 e. The smallest absolute Gasteiger partial charge is 0.253 e. The lowest BCUT2D eigenvalue weighted by Crippen LogP contribution is -2.39. The Balaban J connectivity index is 1.38. The predicted molar refractivity (Wildman–Crippen MR) is 98.7 cm³/mol. The van der Waals surface area contributed by atoms with Gasteiger partial charge in [0.1, 0.15) is 5.82 Å². The van der Waals surface area contributed by atoms with Gasteiger partial charge in [-0.05, 0) is 56.7 Å². The zero-order chi connectivity index (χ0) is 18.1. The largest absolute Gasteiger partial charge is 0.339 e. The number of rotatable bonds is 4. The van der Waals surface area contributed by atoms with Crippen LogP contribution in [0.25, 0.3) is 0 Å². The summed E-state index contributed by atoms with van der Waals surface area (Å²) in [6.07, 6.45) is 6.57. The second kappa shape index (κ2) is 6.95. The SMILES string of the molecule is Cc1cnc(C2CC2)n1CC1CCN(C(=O)c2cccc(C#N)c2)CC1. The van der Waals surface area contributed by atoms with Crippen LogP contribution in [0.3, 0.4) is 0 Å². The second-order valence-corrected chi connectivity index (χ2v) is 7.57. The van der Waals surface area contributed by atoms with Crippen molar-refractivity contribution in [3.05, 3.63) is 53.1 Å². The number of hydrogen-bond acceptors (Lipinski definition) is 3. The quantitative estimate of drug-likeness (QED) is 0.850. The summed E-state index contributed by atoms with van der Waals surface area (Å²) in [6, 6.07) is 9.09. The molecule has 1 saturated heterocycles. The number of carbonyl (C=O) groups is 1. The third kappa shape index (κ3) is 3.37. The van der Waals surface area contributed by atoms with Crippen LogP contribution in [0.5, 0.6) is 0 Å². The molecule has 1 aromatic carbocycles. The van der Waals surface area contributed by atoms with Gasteiger partial charge < -0.3 is 9.47 Å². The Bertz CT molecular complexity index is 851. The molecule has 0 N–H and O–H groups in total. The van der Waals surface area contributed by atoms with Gasteiger partial charge in [0.25, 0.3) is 5.91 Å². The Labute approximate surface area is 154 Å². The molecule has 0 spiro atoms. The molecule has 2 aromatic rings.